The number of amides is 4. The first-order valence-corrected chi connectivity index (χ1v) is 48.6. The summed E-state index contributed by atoms with van der Waals surface area (Å²) < 4.78 is 117. The van der Waals surface area contributed by atoms with E-state index in [1.54, 1.807) is 152 Å². The third-order valence-electron chi connectivity index (χ3n) is 22.0. The van der Waals surface area contributed by atoms with Crippen molar-refractivity contribution in [2.75, 3.05) is 87.7 Å². The molecule has 0 unspecified atom stereocenters. The number of hydrogen-bond acceptors (Lipinski definition) is 19. The molecule has 4 amide bonds. The number of benzene rings is 9. The normalized spacial score (nSPS) is 15.0. The molecule has 4 aliphatic heterocycles. The number of hydrogen-bond donors (Lipinski definition) is 4. The highest BCUT2D eigenvalue weighted by Gasteiger charge is 2.34. The molecule has 131 heavy (non-hydrogen) atoms. The summed E-state index contributed by atoms with van der Waals surface area (Å²) >= 11 is 12.9. The van der Waals surface area contributed by atoms with E-state index in [9.17, 15) is 57.2 Å². The number of nitrogens with zero attached hydrogens (tertiary/aromatic N) is 11. The third kappa shape index (κ3) is 20.2. The number of fused-ring (bicyclic) bond motifs is 4. The fourth-order valence-electron chi connectivity index (χ4n) is 15.5. The lowest BCUT2D eigenvalue weighted by atomic mass is 10.1. The van der Waals surface area contributed by atoms with Gasteiger partial charge in [0.05, 0.1) is 106 Å². The Hall–Kier alpha value is -14.5. The lowest BCUT2D eigenvalue weighted by Crippen LogP contribution is -2.26. The number of halogens is 3. The van der Waals surface area contributed by atoms with Gasteiger partial charge in [0.15, 0.2) is 0 Å². The molecule has 0 aliphatic carbocycles. The van der Waals surface area contributed by atoms with Crippen molar-refractivity contribution >= 4 is 176 Å². The number of carbonyl (C=O) groups is 4. The Kier molecular flexibility index (Phi) is 25.7. The Morgan fingerprint density at radius 2 is 0.756 bits per heavy atom. The molecule has 27 nitrogen and oxygen atoms in total. The molecule has 4 aliphatic rings. The zero-order valence-electron chi connectivity index (χ0n) is 69.4. The number of sulfonamides is 4. The number of para-hydroxylation sites is 1. The number of rotatable bonds is 16. The minimum absolute atomic E-state index is 0.0187. The summed E-state index contributed by atoms with van der Waals surface area (Å²) in [6.45, 7) is 1.62. The van der Waals surface area contributed by atoms with E-state index in [1.165, 1.54) is 25.0 Å². The number of nitrogens with one attached hydrogen (secondary N) is 4. The zero-order chi connectivity index (χ0) is 91.1. The largest absolute Gasteiger partial charge is 0.322 e. The quantitative estimate of drug-likeness (QED) is 0.0698. The first kappa shape index (κ1) is 88.5. The van der Waals surface area contributed by atoms with E-state index in [4.69, 9.17) is 28.2 Å². The summed E-state index contributed by atoms with van der Waals surface area (Å²) in [5, 5.41) is 15.2. The highest BCUT2D eigenvalue weighted by atomic mass is 35.5. The second kappa shape index (κ2) is 38.0. The van der Waals surface area contributed by atoms with E-state index in [0.717, 1.165) is 76.6 Å². The van der Waals surface area contributed by atoms with Crippen molar-refractivity contribution in [3.8, 4) is 45.0 Å². The molecule has 16 aromatic rings. The van der Waals surface area contributed by atoms with Crippen molar-refractivity contribution < 1.29 is 57.2 Å². The van der Waals surface area contributed by atoms with Gasteiger partial charge in [0.1, 0.15) is 5.82 Å². The van der Waals surface area contributed by atoms with E-state index >= 15 is 0 Å². The number of aromatic nitrogens is 7. The summed E-state index contributed by atoms with van der Waals surface area (Å²) in [7, 11) is -13.3. The van der Waals surface area contributed by atoms with Gasteiger partial charge in [-0.15, -0.1) is 0 Å². The highest BCUT2D eigenvalue weighted by molar-refractivity contribution is 7.94. The molecule has 0 radical (unpaired) electrons. The van der Waals surface area contributed by atoms with Crippen LogP contribution in [0.5, 0.6) is 0 Å². The van der Waals surface area contributed by atoms with Gasteiger partial charge in [-0.05, 0) is 250 Å². The van der Waals surface area contributed by atoms with Crippen LogP contribution in [0.4, 0.5) is 49.9 Å². The van der Waals surface area contributed by atoms with E-state index < -0.39 is 51.8 Å². The van der Waals surface area contributed by atoms with E-state index in [1.807, 2.05) is 133 Å². The molecule has 11 heterocycles. The van der Waals surface area contributed by atoms with Gasteiger partial charge in [-0.3, -0.25) is 56.3 Å². The highest BCUT2D eigenvalue weighted by Crippen LogP contribution is 2.38. The van der Waals surface area contributed by atoms with Crippen LogP contribution in [0.3, 0.4) is 0 Å². The second-order valence-electron chi connectivity index (χ2n) is 30.8. The average molecular weight is 1860 g/mol. The van der Waals surface area contributed by atoms with Crippen LogP contribution in [0.1, 0.15) is 67.1 Å². The number of carbonyl (C=O) groups excluding carboxylic acids is 4. The SMILES string of the molecule is O=C(Nc1ccc(Cl)c(-c2ccc3cnccc3n2)c1)c1ccc(N2CCCS2(=O)=O)cc1.O=C(Nc1ccc(Cl)c(-c2nccc3ncccc23)c1)c1ccc(N2CCCS2(=O)=O)c(F)c1.O=C(Nc1cccc(-c2ccc3ccccc3n2)c1)c1ccc(N2CCCS2(=O)=O)cc1.O=C(Nc1cccc(-c2ccc3ncccc3n2)c1)c1ccc(N2CCCS2(=O)=O)cc1. The monoisotopic (exact) mass is 1860 g/mol. The Bertz CT molecular complexity index is 7430. The van der Waals surface area contributed by atoms with Crippen LogP contribution >= 0.6 is 23.2 Å². The van der Waals surface area contributed by atoms with Crippen molar-refractivity contribution in [2.24, 2.45) is 0 Å². The lowest BCUT2D eigenvalue weighted by Gasteiger charge is -2.18. The van der Waals surface area contributed by atoms with Crippen LogP contribution in [0.15, 0.2) is 304 Å². The Labute approximate surface area is 763 Å². The first-order valence-electron chi connectivity index (χ1n) is 41.4. The summed E-state index contributed by atoms with van der Waals surface area (Å²) in [5.41, 5.74) is 15.5. The van der Waals surface area contributed by atoms with Crippen LogP contribution in [0.25, 0.3) is 88.8 Å². The van der Waals surface area contributed by atoms with Crippen LogP contribution < -0.4 is 38.5 Å². The maximum atomic E-state index is 14.7. The molecular formula is C97H78Cl2FN15O12S4. The van der Waals surface area contributed by atoms with Gasteiger partial charge in [-0.25, -0.2) is 53.0 Å². The molecular weight excluding hydrogens is 1790 g/mol. The third-order valence-corrected chi connectivity index (χ3v) is 30.1. The average Bonchev–Trinajstić information content (AvgIpc) is 1.32. The van der Waals surface area contributed by atoms with Gasteiger partial charge >= 0.3 is 0 Å². The molecule has 4 fully saturated rings. The molecule has 4 saturated heterocycles. The maximum Gasteiger partial charge on any atom is 0.255 e. The molecule has 0 atom stereocenters. The first-order chi connectivity index (χ1) is 63.2. The molecule has 7 aromatic heterocycles. The topological polar surface area (TPSA) is 356 Å². The fourth-order valence-corrected chi connectivity index (χ4v) is 22.2. The van der Waals surface area contributed by atoms with Crippen molar-refractivity contribution in [2.45, 2.75) is 25.7 Å². The van der Waals surface area contributed by atoms with Crippen molar-refractivity contribution in [3.63, 3.8) is 0 Å². The van der Waals surface area contributed by atoms with Gasteiger partial charge < -0.3 is 21.3 Å². The number of anilines is 8. The second-order valence-corrected chi connectivity index (χ2v) is 39.6. The van der Waals surface area contributed by atoms with Crippen LogP contribution in [0.2, 0.25) is 10.0 Å². The predicted molar refractivity (Wildman–Crippen MR) is 513 cm³/mol. The smallest absolute Gasteiger partial charge is 0.255 e. The molecule has 34 heteroatoms. The van der Waals surface area contributed by atoms with Crippen LogP contribution in [-0.2, 0) is 40.1 Å². The van der Waals surface area contributed by atoms with E-state index in [0.29, 0.717) is 134 Å². The van der Waals surface area contributed by atoms with Gasteiger partial charge in [-0.1, -0.05) is 71.7 Å². The minimum Gasteiger partial charge on any atom is -0.322 e. The van der Waals surface area contributed by atoms with Gasteiger partial charge in [0, 0.05) is 141 Å². The van der Waals surface area contributed by atoms with E-state index in [2.05, 4.69) is 51.2 Å². The molecule has 0 bridgehead atoms. The maximum absolute atomic E-state index is 14.7. The minimum atomic E-state index is -3.53. The van der Waals surface area contributed by atoms with Crippen LogP contribution in [0, 0.1) is 5.82 Å². The fraction of sp³-hybridized carbons (Fsp3) is 0.124. The van der Waals surface area contributed by atoms with Gasteiger partial charge in [0.25, 0.3) is 23.6 Å². The summed E-state index contributed by atoms with van der Waals surface area (Å²) in [6.07, 6.45) is 10.8. The Balaban J connectivity index is 0.000000122. The summed E-state index contributed by atoms with van der Waals surface area (Å²) in [4.78, 5) is 82.2. The van der Waals surface area contributed by atoms with Crippen LogP contribution in [-0.4, -0.2) is 141 Å². The summed E-state index contributed by atoms with van der Waals surface area (Å²) in [5.74, 6) is -1.70. The standard InChI is InChI=1S/C25H21N3O3S.C24H18ClFN4O3S.C24H19ClN4O3S.C24H20N4O3S/c29-25(19-9-12-22(13-10-19)28-15-4-16-32(28,30)31)26-21-7-3-6-20(17-21)24-14-11-18-5-1-2-8-23(18)27-24;25-19-6-5-16(14-18(19)23-17-3-1-9-27-21(17)8-10-28-23)29-24(31)15-4-7-22(20(26)13-15)30-11-2-12-34(30,32)33;25-21-8-5-18(14-20(21)23-9-4-17-15-26-11-10-22(17)28-23)27-24(30)16-2-6-19(7-3-16)29-12-1-13-33(29,31)32;29-24(17-7-9-20(10-8-17)28-14-3-15-32(28,30)31)26-19-5-1-4-18(16-19)21-11-12-22-23(27-21)6-2-13-25-22/h1-3,5-14,17H,4,15-16H2,(H,26,29);1,3-10,13-14H,2,11-12H2,(H,29,31);2-11,14-15H,1,12-13H2,(H,27,30);1-2,4-13,16H,3,14-15H2,(H,26,29). The van der Waals surface area contributed by atoms with E-state index in [-0.39, 0.29) is 58.5 Å². The number of pyridine rings is 7. The Morgan fingerprint density at radius 1 is 0.328 bits per heavy atom. The molecule has 20 rings (SSSR count). The molecule has 0 saturated carbocycles. The molecule has 4 N–H and O–H groups in total. The summed E-state index contributed by atoms with van der Waals surface area (Å²) in [6, 6.07) is 79.4. The van der Waals surface area contributed by atoms with Crippen molar-refractivity contribution in [3.05, 3.63) is 342 Å². The van der Waals surface area contributed by atoms with Crippen molar-refractivity contribution in [1.29, 1.82) is 0 Å². The van der Waals surface area contributed by atoms with Gasteiger partial charge in [-0.2, -0.15) is 0 Å². The predicted octanol–water partition coefficient (Wildman–Crippen LogP) is 18.4. The van der Waals surface area contributed by atoms with Crippen molar-refractivity contribution in [1.82, 2.24) is 34.9 Å². The Morgan fingerprint density at radius 3 is 1.29 bits per heavy atom. The van der Waals surface area contributed by atoms with Gasteiger partial charge in [0.2, 0.25) is 40.1 Å². The lowest BCUT2D eigenvalue weighted by molar-refractivity contribution is 0.101. The molecule has 658 valence electrons. The zero-order valence-corrected chi connectivity index (χ0v) is 74.2. The molecule has 9 aromatic carbocycles. The molecule has 0 spiro atoms.